The summed E-state index contributed by atoms with van der Waals surface area (Å²) in [6.07, 6.45) is 0.482. The molecule has 6 rings (SSSR count). The van der Waals surface area contributed by atoms with Crippen molar-refractivity contribution >= 4 is 27.5 Å². The molecule has 2 aliphatic rings. The van der Waals surface area contributed by atoms with Crippen LogP contribution in [0.1, 0.15) is 56.0 Å². The molecule has 0 fully saturated rings. The van der Waals surface area contributed by atoms with E-state index in [2.05, 4.69) is 0 Å². The van der Waals surface area contributed by atoms with Crippen LogP contribution in [0.2, 0.25) is 0 Å². The third kappa shape index (κ3) is 2.95. The van der Waals surface area contributed by atoms with Crippen molar-refractivity contribution < 1.29 is 18.9 Å². The normalized spacial score (nSPS) is 22.5. The highest BCUT2D eigenvalue weighted by atomic mass is 19.1. The summed E-state index contributed by atoms with van der Waals surface area (Å²) in [5, 5.41) is 1.60. The van der Waals surface area contributed by atoms with E-state index in [0.29, 0.717) is 22.3 Å². The van der Waals surface area contributed by atoms with E-state index < -0.39 is 24.0 Å². The van der Waals surface area contributed by atoms with Gasteiger partial charge in [-0.25, -0.2) is 8.96 Å². The lowest BCUT2D eigenvalue weighted by molar-refractivity contribution is -0.660. The Hall–Kier alpha value is -3.20. The van der Waals surface area contributed by atoms with Gasteiger partial charge in [-0.2, -0.15) is 0 Å². The molecule has 0 atom stereocenters. The van der Waals surface area contributed by atoms with E-state index in [9.17, 15) is 0 Å². The second-order valence-corrected chi connectivity index (χ2v) is 9.62. The van der Waals surface area contributed by atoms with Gasteiger partial charge in [0.05, 0.1) is 11.1 Å². The Morgan fingerprint density at radius 3 is 2.48 bits per heavy atom. The Morgan fingerprint density at radius 1 is 0.970 bits per heavy atom. The average Bonchev–Trinajstić information content (AvgIpc) is 3.33. The Morgan fingerprint density at radius 2 is 1.70 bits per heavy atom. The van der Waals surface area contributed by atoms with Crippen molar-refractivity contribution in [1.29, 1.82) is 0 Å². The van der Waals surface area contributed by atoms with Gasteiger partial charge >= 0.3 is 0 Å². The number of nitrogens with zero attached hydrogens (tertiary/aromatic N) is 1. The zero-order chi connectivity index (χ0) is 26.5. The summed E-state index contributed by atoms with van der Waals surface area (Å²) in [5.74, 6) is -0.507. The number of hydrogen-bond acceptors (Lipinski definition) is 1. The highest BCUT2D eigenvalue weighted by Crippen LogP contribution is 2.52. The predicted octanol–water partition coefficient (Wildman–Crippen LogP) is 7.82. The van der Waals surface area contributed by atoms with Gasteiger partial charge in [0.2, 0.25) is 5.69 Å². The first-order valence-corrected chi connectivity index (χ1v) is 11.4. The lowest BCUT2D eigenvalue weighted by Gasteiger charge is -2.25. The van der Waals surface area contributed by atoms with Gasteiger partial charge in [-0.1, -0.05) is 37.6 Å². The molecule has 2 nitrogen and oxygen atoms in total. The molecule has 2 heterocycles. The topological polar surface area (TPSA) is 17.0 Å². The third-order valence-corrected chi connectivity index (χ3v) is 6.94. The van der Waals surface area contributed by atoms with Crippen molar-refractivity contribution in [2.75, 3.05) is 0 Å². The third-order valence-electron chi connectivity index (χ3n) is 6.94. The molecular weight excluding hydrogens is 409 g/mol. The monoisotopic (exact) mass is 442 g/mol. The molecular formula is C30H29FNO+. The Bertz CT molecular complexity index is 1690. The number of furan rings is 1. The molecule has 2 aromatic heterocycles. The molecule has 0 radical (unpaired) electrons. The van der Waals surface area contributed by atoms with Crippen LogP contribution in [-0.4, -0.2) is 0 Å². The van der Waals surface area contributed by atoms with E-state index in [-0.39, 0.29) is 24.0 Å². The standard InChI is InChI=1S/C30H29FNO/c1-18-12-13-20-21-14-15-24(31)27(22-17-30(2,3)23-10-6-5-9-19(22)23)29(21)33-28(20)26(18)25-11-7-8-16-32(25)4/h7-8,11-17H,5-6,9-10H2,1-4H3/q+1/i9D2,10D2. The maximum atomic E-state index is 15.8. The Labute approximate surface area is 199 Å². The van der Waals surface area contributed by atoms with Crippen molar-refractivity contribution in [3.05, 3.63) is 82.8 Å². The molecule has 33 heavy (non-hydrogen) atoms. The van der Waals surface area contributed by atoms with Crippen LogP contribution in [-0.2, 0) is 7.05 Å². The molecule has 4 aromatic rings. The molecule has 2 aliphatic carbocycles. The Kier molecular flexibility index (Phi) is 3.56. The first-order valence-electron chi connectivity index (χ1n) is 13.4. The van der Waals surface area contributed by atoms with Crippen LogP contribution in [0.4, 0.5) is 4.39 Å². The second-order valence-electron chi connectivity index (χ2n) is 9.62. The van der Waals surface area contributed by atoms with Gasteiger partial charge in [-0.05, 0) is 67.4 Å². The van der Waals surface area contributed by atoms with E-state index in [1.165, 1.54) is 6.07 Å². The summed E-state index contributed by atoms with van der Waals surface area (Å²) < 4.78 is 59.4. The molecule has 0 N–H and O–H groups in total. The lowest BCUT2D eigenvalue weighted by atomic mass is 9.80. The summed E-state index contributed by atoms with van der Waals surface area (Å²) >= 11 is 0. The summed E-state index contributed by atoms with van der Waals surface area (Å²) in [6.45, 7) is 5.78. The summed E-state index contributed by atoms with van der Waals surface area (Å²) in [4.78, 5) is 0. The number of aryl methyl sites for hydroxylation is 2. The molecule has 0 saturated heterocycles. The number of benzene rings is 2. The van der Waals surface area contributed by atoms with Gasteiger partial charge in [-0.3, -0.25) is 0 Å². The van der Waals surface area contributed by atoms with Crippen LogP contribution in [0.3, 0.4) is 0 Å². The first kappa shape index (κ1) is 16.4. The number of halogens is 1. The van der Waals surface area contributed by atoms with Crippen molar-refractivity contribution in [1.82, 2.24) is 0 Å². The fourth-order valence-corrected chi connectivity index (χ4v) is 5.36. The number of fused-ring (bicyclic) bond motifs is 3. The van der Waals surface area contributed by atoms with Crippen LogP contribution in [0.15, 0.2) is 70.3 Å². The quantitative estimate of drug-likeness (QED) is 0.289. The van der Waals surface area contributed by atoms with Gasteiger partial charge in [0, 0.05) is 33.8 Å². The minimum atomic E-state index is -1.78. The molecule has 0 bridgehead atoms. The second kappa shape index (κ2) is 7.15. The number of allylic oxidation sites excluding steroid dienone is 4. The van der Waals surface area contributed by atoms with Crippen molar-refractivity contribution in [2.45, 2.75) is 46.4 Å². The SMILES string of the molecule is [2H]C1([2H])CCC([2H])([2H])C2=C1C(c1c(F)ccc3c1oc1c(-c4cccc[n+]4C)c(C)ccc13)=CC2(C)C. The summed E-state index contributed by atoms with van der Waals surface area (Å²) in [6, 6.07) is 13.1. The molecule has 0 aliphatic heterocycles. The summed E-state index contributed by atoms with van der Waals surface area (Å²) in [7, 11) is 1.97. The maximum absolute atomic E-state index is 15.8. The average molecular weight is 443 g/mol. The van der Waals surface area contributed by atoms with Crippen LogP contribution in [0.25, 0.3) is 38.8 Å². The smallest absolute Gasteiger partial charge is 0.216 e. The number of aromatic nitrogens is 1. The van der Waals surface area contributed by atoms with Gasteiger partial charge < -0.3 is 4.42 Å². The van der Waals surface area contributed by atoms with Gasteiger partial charge in [0.25, 0.3) is 0 Å². The van der Waals surface area contributed by atoms with Crippen LogP contribution in [0.5, 0.6) is 0 Å². The molecule has 166 valence electrons. The highest BCUT2D eigenvalue weighted by molar-refractivity contribution is 6.13. The fourth-order valence-electron chi connectivity index (χ4n) is 5.36. The molecule has 0 spiro atoms. The zero-order valence-corrected chi connectivity index (χ0v) is 19.3. The summed E-state index contributed by atoms with van der Waals surface area (Å²) in [5.41, 5.74) is 4.45. The van der Waals surface area contributed by atoms with Crippen LogP contribution >= 0.6 is 0 Å². The molecule has 0 saturated carbocycles. The number of rotatable bonds is 2. The van der Waals surface area contributed by atoms with Crippen LogP contribution < -0.4 is 4.57 Å². The van der Waals surface area contributed by atoms with E-state index in [0.717, 1.165) is 27.6 Å². The predicted molar refractivity (Wildman–Crippen MR) is 132 cm³/mol. The first-order chi connectivity index (χ1) is 17.3. The molecule has 3 heteroatoms. The minimum Gasteiger partial charge on any atom is -0.454 e. The maximum Gasteiger partial charge on any atom is 0.216 e. The number of pyridine rings is 1. The Balaban J connectivity index is 1.70. The largest absolute Gasteiger partial charge is 0.454 e. The highest BCUT2D eigenvalue weighted by Gasteiger charge is 2.36. The van der Waals surface area contributed by atoms with E-state index in [4.69, 9.17) is 9.90 Å². The van der Waals surface area contributed by atoms with E-state index in [1.54, 1.807) is 6.07 Å². The zero-order valence-electron chi connectivity index (χ0n) is 23.3. The lowest BCUT2D eigenvalue weighted by Crippen LogP contribution is -2.30. The molecule has 0 amide bonds. The van der Waals surface area contributed by atoms with E-state index >= 15 is 4.39 Å². The molecule has 2 aromatic carbocycles. The van der Waals surface area contributed by atoms with E-state index in [1.807, 2.05) is 75.0 Å². The molecule has 0 unspecified atom stereocenters. The van der Waals surface area contributed by atoms with Gasteiger partial charge in [0.1, 0.15) is 24.0 Å². The minimum absolute atomic E-state index is 0.0395. The van der Waals surface area contributed by atoms with Crippen molar-refractivity contribution in [2.24, 2.45) is 12.5 Å². The number of hydrogen-bond donors (Lipinski definition) is 0. The van der Waals surface area contributed by atoms with Gasteiger partial charge in [0.15, 0.2) is 6.20 Å². The van der Waals surface area contributed by atoms with Crippen molar-refractivity contribution in [3.8, 4) is 11.3 Å². The van der Waals surface area contributed by atoms with Gasteiger partial charge in [-0.15, -0.1) is 0 Å². The van der Waals surface area contributed by atoms with Crippen molar-refractivity contribution in [3.63, 3.8) is 0 Å². The fraction of sp³-hybridized carbons (Fsp3) is 0.300. The van der Waals surface area contributed by atoms with Crippen LogP contribution in [0, 0.1) is 18.2 Å².